The maximum absolute atomic E-state index is 13.5. The summed E-state index contributed by atoms with van der Waals surface area (Å²) in [5.41, 5.74) is 0.283. The van der Waals surface area contributed by atoms with Gasteiger partial charge in [-0.15, -0.1) is 0 Å². The van der Waals surface area contributed by atoms with E-state index in [2.05, 4.69) is 0 Å². The summed E-state index contributed by atoms with van der Waals surface area (Å²) < 4.78 is 0. The number of urea groups is 1. The lowest BCUT2D eigenvalue weighted by Crippen LogP contribution is -2.48. The zero-order valence-corrected chi connectivity index (χ0v) is 16.6. The minimum Gasteiger partial charge on any atom is -0.365 e. The molecule has 0 saturated carbocycles. The van der Waals surface area contributed by atoms with Gasteiger partial charge in [0.1, 0.15) is 0 Å². The third kappa shape index (κ3) is 2.94. The fourth-order valence-corrected chi connectivity index (χ4v) is 3.92. The quantitative estimate of drug-likeness (QED) is 0.601. The van der Waals surface area contributed by atoms with Crippen LogP contribution in [0.1, 0.15) is 12.5 Å². The molecule has 1 aliphatic rings. The minimum atomic E-state index is -1.56. The Balaban J connectivity index is 1.89. The summed E-state index contributed by atoms with van der Waals surface area (Å²) in [6, 6.07) is 22.2. The summed E-state index contributed by atoms with van der Waals surface area (Å²) in [5, 5.41) is 13.0. The number of hydrogen-bond donors (Lipinski definition) is 1. The first kappa shape index (κ1) is 18.8. The third-order valence-electron chi connectivity index (χ3n) is 5.10. The maximum atomic E-state index is 13.5. The number of carbonyl (C=O) groups is 1. The first-order valence-electron chi connectivity index (χ1n) is 8.85. The van der Waals surface area contributed by atoms with Gasteiger partial charge in [-0.2, -0.15) is 0 Å². The van der Waals surface area contributed by atoms with Crippen molar-refractivity contribution in [2.45, 2.75) is 18.7 Å². The number of rotatable bonds is 3. The molecule has 1 N–H and O–H groups in total. The second-order valence-corrected chi connectivity index (χ2v) is 7.58. The van der Waals surface area contributed by atoms with E-state index in [1.165, 1.54) is 4.90 Å². The van der Waals surface area contributed by atoms with Crippen LogP contribution in [0, 0.1) is 0 Å². The molecule has 6 heteroatoms. The van der Waals surface area contributed by atoms with E-state index in [4.69, 9.17) is 23.2 Å². The standard InChI is InChI=1S/C22H18Cl2N2O2/c1-15-22(28,16-5-3-2-4-6-16)26(20-13-9-18(24)10-14-20)21(27)25(15)19-11-7-17(23)8-12-19/h2-15,28H,1H3/t15-,22?/m1/s1. The molecule has 0 radical (unpaired) electrons. The largest absolute Gasteiger partial charge is 0.365 e. The number of benzene rings is 3. The molecular formula is C22H18Cl2N2O2. The molecule has 2 atom stereocenters. The fourth-order valence-electron chi connectivity index (χ4n) is 3.67. The van der Waals surface area contributed by atoms with Crippen molar-refractivity contribution in [3.05, 3.63) is 94.5 Å². The Morgan fingerprint density at radius 1 is 0.821 bits per heavy atom. The highest BCUT2D eigenvalue weighted by Crippen LogP contribution is 2.44. The van der Waals surface area contributed by atoms with Gasteiger partial charge in [0.05, 0.1) is 6.04 Å². The van der Waals surface area contributed by atoms with Crippen molar-refractivity contribution in [2.75, 3.05) is 9.80 Å². The highest BCUT2D eigenvalue weighted by atomic mass is 35.5. The van der Waals surface area contributed by atoms with Gasteiger partial charge in [0.25, 0.3) is 0 Å². The topological polar surface area (TPSA) is 43.8 Å². The molecule has 0 aliphatic carbocycles. The predicted octanol–water partition coefficient (Wildman–Crippen LogP) is 5.67. The van der Waals surface area contributed by atoms with Crippen LogP contribution >= 0.6 is 23.2 Å². The fraction of sp³-hybridized carbons (Fsp3) is 0.136. The molecule has 1 heterocycles. The number of carbonyl (C=O) groups excluding carboxylic acids is 1. The minimum absolute atomic E-state index is 0.330. The second kappa shape index (κ2) is 7.13. The second-order valence-electron chi connectivity index (χ2n) is 6.71. The molecule has 1 aliphatic heterocycles. The Kier molecular flexibility index (Phi) is 4.79. The molecule has 3 aromatic carbocycles. The molecule has 3 aromatic rings. The number of halogens is 2. The molecule has 4 rings (SSSR count). The highest BCUT2D eigenvalue weighted by Gasteiger charge is 2.56. The molecule has 0 bridgehead atoms. The SMILES string of the molecule is C[C@H]1N(c2ccc(Cl)cc2)C(=O)N(c2ccc(Cl)cc2)C1(O)c1ccccc1. The van der Waals surface area contributed by atoms with E-state index >= 15 is 0 Å². The van der Waals surface area contributed by atoms with Gasteiger partial charge in [-0.05, 0) is 55.5 Å². The van der Waals surface area contributed by atoms with E-state index in [1.54, 1.807) is 53.4 Å². The number of nitrogens with zero attached hydrogens (tertiary/aromatic N) is 2. The van der Waals surface area contributed by atoms with Crippen LogP contribution < -0.4 is 9.80 Å². The summed E-state index contributed by atoms with van der Waals surface area (Å²) in [5.74, 6) is 0. The summed E-state index contributed by atoms with van der Waals surface area (Å²) in [4.78, 5) is 16.5. The molecular weight excluding hydrogens is 395 g/mol. The van der Waals surface area contributed by atoms with E-state index in [0.29, 0.717) is 27.0 Å². The maximum Gasteiger partial charge on any atom is 0.332 e. The van der Waals surface area contributed by atoms with Crippen LogP contribution in [0.25, 0.3) is 0 Å². The lowest BCUT2D eigenvalue weighted by molar-refractivity contribution is 0.0372. The van der Waals surface area contributed by atoms with Crippen LogP contribution in [0.15, 0.2) is 78.9 Å². The van der Waals surface area contributed by atoms with Gasteiger partial charge in [-0.3, -0.25) is 9.80 Å². The Morgan fingerprint density at radius 3 is 1.86 bits per heavy atom. The van der Waals surface area contributed by atoms with Crippen LogP contribution in [0.3, 0.4) is 0 Å². The van der Waals surface area contributed by atoms with Gasteiger partial charge < -0.3 is 5.11 Å². The van der Waals surface area contributed by atoms with Crippen molar-refractivity contribution in [3.63, 3.8) is 0 Å². The van der Waals surface area contributed by atoms with Gasteiger partial charge in [0.15, 0.2) is 5.72 Å². The van der Waals surface area contributed by atoms with E-state index in [9.17, 15) is 9.90 Å². The number of amides is 2. The van der Waals surface area contributed by atoms with Crippen LogP contribution in [0.2, 0.25) is 10.0 Å². The summed E-state index contributed by atoms with van der Waals surface area (Å²) >= 11 is 12.0. The molecule has 0 spiro atoms. The van der Waals surface area contributed by atoms with E-state index in [1.807, 2.05) is 37.3 Å². The monoisotopic (exact) mass is 412 g/mol. The zero-order chi connectivity index (χ0) is 19.9. The molecule has 2 amide bonds. The van der Waals surface area contributed by atoms with Crippen LogP contribution in [-0.4, -0.2) is 17.2 Å². The molecule has 4 nitrogen and oxygen atoms in total. The summed E-state index contributed by atoms with van der Waals surface area (Å²) in [6.45, 7) is 1.83. The lowest BCUT2D eigenvalue weighted by Gasteiger charge is -2.35. The van der Waals surface area contributed by atoms with E-state index in [-0.39, 0.29) is 6.03 Å². The van der Waals surface area contributed by atoms with Crippen molar-refractivity contribution < 1.29 is 9.90 Å². The number of anilines is 2. The molecule has 1 unspecified atom stereocenters. The molecule has 28 heavy (non-hydrogen) atoms. The molecule has 1 fully saturated rings. The first-order chi connectivity index (χ1) is 13.4. The van der Waals surface area contributed by atoms with Crippen LogP contribution in [0.5, 0.6) is 0 Å². The lowest BCUT2D eigenvalue weighted by atomic mass is 9.94. The molecule has 142 valence electrons. The van der Waals surface area contributed by atoms with Gasteiger partial charge in [-0.25, -0.2) is 4.79 Å². The molecule has 1 saturated heterocycles. The third-order valence-corrected chi connectivity index (χ3v) is 5.60. The average Bonchev–Trinajstić information content (AvgIpc) is 2.91. The Hall–Kier alpha value is -2.53. The average molecular weight is 413 g/mol. The normalized spacial score (nSPS) is 22.0. The predicted molar refractivity (Wildman–Crippen MR) is 113 cm³/mol. The van der Waals surface area contributed by atoms with Gasteiger partial charge >= 0.3 is 6.03 Å². The van der Waals surface area contributed by atoms with Crippen molar-refractivity contribution in [1.82, 2.24) is 0 Å². The van der Waals surface area contributed by atoms with Crippen LogP contribution in [0.4, 0.5) is 16.2 Å². The zero-order valence-electron chi connectivity index (χ0n) is 15.1. The van der Waals surface area contributed by atoms with E-state index in [0.717, 1.165) is 0 Å². The number of hydrogen-bond acceptors (Lipinski definition) is 2. The Bertz CT molecular complexity index is 993. The van der Waals surface area contributed by atoms with Gasteiger partial charge in [0.2, 0.25) is 0 Å². The number of aliphatic hydroxyl groups is 1. The summed E-state index contributed by atoms with van der Waals surface area (Å²) in [7, 11) is 0. The van der Waals surface area contributed by atoms with Crippen molar-refractivity contribution in [3.8, 4) is 0 Å². The first-order valence-corrected chi connectivity index (χ1v) is 9.61. The van der Waals surface area contributed by atoms with Gasteiger partial charge in [0, 0.05) is 27.0 Å². The van der Waals surface area contributed by atoms with Crippen molar-refractivity contribution in [1.29, 1.82) is 0 Å². The van der Waals surface area contributed by atoms with Gasteiger partial charge in [-0.1, -0.05) is 53.5 Å². The van der Waals surface area contributed by atoms with E-state index < -0.39 is 11.8 Å². The molecule has 0 aromatic heterocycles. The van der Waals surface area contributed by atoms with Crippen molar-refractivity contribution >= 4 is 40.6 Å². The smallest absolute Gasteiger partial charge is 0.332 e. The summed E-state index contributed by atoms with van der Waals surface area (Å²) in [6.07, 6.45) is 0. The van der Waals surface area contributed by atoms with Crippen molar-refractivity contribution in [2.24, 2.45) is 0 Å². The highest BCUT2D eigenvalue weighted by molar-refractivity contribution is 6.31. The Labute approximate surface area is 173 Å². The van der Waals surface area contributed by atoms with Crippen LogP contribution in [-0.2, 0) is 5.72 Å². The Morgan fingerprint density at radius 2 is 1.32 bits per heavy atom.